The van der Waals surface area contributed by atoms with Gasteiger partial charge in [0.1, 0.15) is 0 Å². The predicted molar refractivity (Wildman–Crippen MR) is 113 cm³/mol. The van der Waals surface area contributed by atoms with Crippen LogP contribution in [0, 0.1) is 0 Å². The standard InChI is InChI=1S/C24H33F2N3O/c25-24(26)10-6-18(7-11-24)28-23(30)17-3-1-2-16(14-17)21-15-22(21)27-19-8-12-29(13-9-19)20-4-5-20/h1-3,14,18-22,27H,4-13,15H2,(H,28,30). The summed E-state index contributed by atoms with van der Waals surface area (Å²) < 4.78 is 26.7. The fourth-order valence-corrected chi connectivity index (χ4v) is 5.29. The summed E-state index contributed by atoms with van der Waals surface area (Å²) in [6.07, 6.45) is 6.83. The van der Waals surface area contributed by atoms with Gasteiger partial charge >= 0.3 is 0 Å². The number of halogens is 2. The molecule has 1 heterocycles. The Morgan fingerprint density at radius 2 is 1.73 bits per heavy atom. The van der Waals surface area contributed by atoms with Crippen LogP contribution in [0.2, 0.25) is 0 Å². The van der Waals surface area contributed by atoms with Gasteiger partial charge in [-0.3, -0.25) is 4.79 Å². The van der Waals surface area contributed by atoms with Gasteiger partial charge in [0.15, 0.2) is 0 Å². The molecule has 0 spiro atoms. The van der Waals surface area contributed by atoms with Crippen molar-refractivity contribution in [2.45, 2.75) is 93.8 Å². The molecule has 3 saturated carbocycles. The molecule has 1 aromatic carbocycles. The molecule has 2 unspecified atom stereocenters. The van der Waals surface area contributed by atoms with Gasteiger partial charge in [0.05, 0.1) is 0 Å². The van der Waals surface area contributed by atoms with Crippen molar-refractivity contribution in [1.29, 1.82) is 0 Å². The molecular formula is C24H33F2N3O. The summed E-state index contributed by atoms with van der Waals surface area (Å²) in [7, 11) is 0. The number of amides is 1. The van der Waals surface area contributed by atoms with Gasteiger partial charge in [-0.15, -0.1) is 0 Å². The van der Waals surface area contributed by atoms with Crippen LogP contribution in [0.1, 0.15) is 79.6 Å². The first-order valence-electron chi connectivity index (χ1n) is 11.8. The van der Waals surface area contributed by atoms with E-state index in [9.17, 15) is 13.6 Å². The maximum Gasteiger partial charge on any atom is 0.251 e. The van der Waals surface area contributed by atoms with Gasteiger partial charge < -0.3 is 15.5 Å². The summed E-state index contributed by atoms with van der Waals surface area (Å²) in [5.74, 6) is -2.22. The Kier molecular flexibility index (Phi) is 5.56. The lowest BCUT2D eigenvalue weighted by Gasteiger charge is -2.32. The number of hydrogen-bond acceptors (Lipinski definition) is 3. The molecule has 4 fully saturated rings. The maximum absolute atomic E-state index is 13.3. The highest BCUT2D eigenvalue weighted by molar-refractivity contribution is 5.94. The Bertz CT molecular complexity index is 763. The van der Waals surface area contributed by atoms with E-state index in [-0.39, 0.29) is 24.8 Å². The van der Waals surface area contributed by atoms with E-state index in [1.807, 2.05) is 18.2 Å². The van der Waals surface area contributed by atoms with E-state index in [4.69, 9.17) is 0 Å². The third-order valence-corrected chi connectivity index (χ3v) is 7.46. The van der Waals surface area contributed by atoms with E-state index in [1.54, 1.807) is 0 Å². The third-order valence-electron chi connectivity index (χ3n) is 7.46. The van der Waals surface area contributed by atoms with Crippen LogP contribution in [0.15, 0.2) is 24.3 Å². The van der Waals surface area contributed by atoms with Gasteiger partial charge in [-0.05, 0) is 75.7 Å². The number of alkyl halides is 2. The molecular weight excluding hydrogens is 384 g/mol. The summed E-state index contributed by atoms with van der Waals surface area (Å²) in [4.78, 5) is 15.3. The minimum absolute atomic E-state index is 0.132. The van der Waals surface area contributed by atoms with Crippen molar-refractivity contribution in [2.75, 3.05) is 13.1 Å². The van der Waals surface area contributed by atoms with Crippen LogP contribution in [0.5, 0.6) is 0 Å². The molecule has 0 aromatic heterocycles. The van der Waals surface area contributed by atoms with Crippen molar-refractivity contribution >= 4 is 5.91 Å². The molecule has 1 saturated heterocycles. The van der Waals surface area contributed by atoms with E-state index < -0.39 is 5.92 Å². The van der Waals surface area contributed by atoms with Crippen LogP contribution in [0.25, 0.3) is 0 Å². The zero-order valence-corrected chi connectivity index (χ0v) is 17.6. The van der Waals surface area contributed by atoms with E-state index in [0.29, 0.717) is 36.4 Å². The molecule has 164 valence electrons. The summed E-state index contributed by atoms with van der Waals surface area (Å²) in [6, 6.07) is 9.75. The summed E-state index contributed by atoms with van der Waals surface area (Å²) >= 11 is 0. The Morgan fingerprint density at radius 3 is 2.43 bits per heavy atom. The zero-order valence-electron chi connectivity index (χ0n) is 17.6. The monoisotopic (exact) mass is 417 g/mol. The SMILES string of the molecule is O=C(NC1CCC(F)(F)CC1)c1cccc(C2CC2NC2CCN(C3CC3)CC2)c1. The first-order chi connectivity index (χ1) is 14.5. The minimum atomic E-state index is -2.57. The summed E-state index contributed by atoms with van der Waals surface area (Å²) in [5, 5.41) is 6.81. The van der Waals surface area contributed by atoms with Crippen LogP contribution in [0.4, 0.5) is 8.78 Å². The predicted octanol–water partition coefficient (Wildman–Crippen LogP) is 4.07. The Balaban J connectivity index is 1.11. The van der Waals surface area contributed by atoms with Gasteiger partial charge in [0.2, 0.25) is 5.92 Å². The molecule has 0 bridgehead atoms. The van der Waals surface area contributed by atoms with E-state index in [0.717, 1.165) is 12.5 Å². The Morgan fingerprint density at radius 1 is 1.00 bits per heavy atom. The number of piperidine rings is 1. The average molecular weight is 418 g/mol. The van der Waals surface area contributed by atoms with Gasteiger partial charge in [-0.1, -0.05) is 12.1 Å². The van der Waals surface area contributed by atoms with Crippen LogP contribution in [0.3, 0.4) is 0 Å². The number of benzene rings is 1. The van der Waals surface area contributed by atoms with Crippen molar-refractivity contribution in [1.82, 2.24) is 15.5 Å². The van der Waals surface area contributed by atoms with Crippen molar-refractivity contribution < 1.29 is 13.6 Å². The molecule has 5 rings (SSSR count). The van der Waals surface area contributed by atoms with Crippen molar-refractivity contribution in [3.63, 3.8) is 0 Å². The summed E-state index contributed by atoms with van der Waals surface area (Å²) in [5.41, 5.74) is 1.86. The largest absolute Gasteiger partial charge is 0.349 e. The molecule has 4 nitrogen and oxygen atoms in total. The lowest BCUT2D eigenvalue weighted by Crippen LogP contribution is -2.44. The normalized spacial score (nSPS) is 30.2. The fourth-order valence-electron chi connectivity index (χ4n) is 5.29. The number of carbonyl (C=O) groups excluding carboxylic acids is 1. The Labute approximate surface area is 177 Å². The third kappa shape index (κ3) is 4.86. The summed E-state index contributed by atoms with van der Waals surface area (Å²) in [6.45, 7) is 2.45. The average Bonchev–Trinajstić information content (AvgIpc) is 3.65. The molecule has 3 aliphatic carbocycles. The van der Waals surface area contributed by atoms with Crippen LogP contribution >= 0.6 is 0 Å². The number of nitrogens with zero attached hydrogens (tertiary/aromatic N) is 1. The smallest absolute Gasteiger partial charge is 0.251 e. The van der Waals surface area contributed by atoms with Crippen LogP contribution in [-0.2, 0) is 0 Å². The first kappa shape index (κ1) is 20.4. The molecule has 1 amide bonds. The molecule has 6 heteroatoms. The number of hydrogen-bond donors (Lipinski definition) is 2. The highest BCUT2D eigenvalue weighted by Crippen LogP contribution is 2.42. The van der Waals surface area contributed by atoms with Crippen LogP contribution < -0.4 is 10.6 Å². The van der Waals surface area contributed by atoms with Crippen molar-refractivity contribution in [3.05, 3.63) is 35.4 Å². The minimum Gasteiger partial charge on any atom is -0.349 e. The molecule has 2 atom stereocenters. The van der Waals surface area contributed by atoms with E-state index in [2.05, 4.69) is 21.6 Å². The molecule has 4 aliphatic rings. The van der Waals surface area contributed by atoms with Crippen molar-refractivity contribution in [3.8, 4) is 0 Å². The molecule has 1 aliphatic heterocycles. The van der Waals surface area contributed by atoms with Crippen molar-refractivity contribution in [2.24, 2.45) is 0 Å². The second-order valence-corrected chi connectivity index (χ2v) is 9.89. The molecule has 1 aromatic rings. The maximum atomic E-state index is 13.3. The quantitative estimate of drug-likeness (QED) is 0.734. The lowest BCUT2D eigenvalue weighted by atomic mass is 9.92. The zero-order chi connectivity index (χ0) is 20.7. The topological polar surface area (TPSA) is 44.4 Å². The first-order valence-corrected chi connectivity index (χ1v) is 11.8. The highest BCUT2D eigenvalue weighted by Gasteiger charge is 2.41. The molecule has 30 heavy (non-hydrogen) atoms. The highest BCUT2D eigenvalue weighted by atomic mass is 19.3. The van der Waals surface area contributed by atoms with Gasteiger partial charge in [0, 0.05) is 48.5 Å². The van der Waals surface area contributed by atoms with Gasteiger partial charge in [0.25, 0.3) is 5.91 Å². The second kappa shape index (κ2) is 8.19. The lowest BCUT2D eigenvalue weighted by molar-refractivity contribution is -0.0399. The number of rotatable bonds is 6. The van der Waals surface area contributed by atoms with E-state index >= 15 is 0 Å². The van der Waals surface area contributed by atoms with Gasteiger partial charge in [-0.2, -0.15) is 0 Å². The molecule has 2 N–H and O–H groups in total. The number of nitrogens with one attached hydrogen (secondary N) is 2. The number of likely N-dealkylation sites (tertiary alicyclic amines) is 1. The van der Waals surface area contributed by atoms with Gasteiger partial charge in [-0.25, -0.2) is 8.78 Å². The van der Waals surface area contributed by atoms with Crippen LogP contribution in [-0.4, -0.2) is 54.0 Å². The van der Waals surface area contributed by atoms with E-state index in [1.165, 1.54) is 44.3 Å². The number of carbonyl (C=O) groups is 1. The molecule has 0 radical (unpaired) electrons. The fraction of sp³-hybridized carbons (Fsp3) is 0.708. The Hall–Kier alpha value is -1.53. The second-order valence-electron chi connectivity index (χ2n) is 9.89.